The first-order valence-corrected chi connectivity index (χ1v) is 4.83. The normalized spacial score (nSPS) is 35.0. The average Bonchev–Trinajstić information content (AvgIpc) is 2.90. The zero-order valence-electron chi connectivity index (χ0n) is 8.57. The van der Waals surface area contributed by atoms with Crippen molar-refractivity contribution in [2.45, 2.75) is 25.7 Å². The highest BCUT2D eigenvalue weighted by Crippen LogP contribution is 2.29. The molecule has 0 amide bonds. The summed E-state index contributed by atoms with van der Waals surface area (Å²) in [6.45, 7) is 2.31. The standard InChI is InChI=1S/C5H5FN2.C4H6F2N2/c1-4-7-3-2-5(6)8-4;5-3-4(6)8-1-2(8)7-3/h2-3H,1H3;2-4,7H,1H2. The second kappa shape index (κ2) is 4.34. The fourth-order valence-corrected chi connectivity index (χ4v) is 1.43. The average molecular weight is 232 g/mol. The summed E-state index contributed by atoms with van der Waals surface area (Å²) in [6, 6.07) is 1.22. The van der Waals surface area contributed by atoms with Crippen molar-refractivity contribution in [2.24, 2.45) is 0 Å². The van der Waals surface area contributed by atoms with Gasteiger partial charge in [0.2, 0.25) is 5.95 Å². The van der Waals surface area contributed by atoms with E-state index >= 15 is 0 Å². The molecule has 0 saturated carbocycles. The van der Waals surface area contributed by atoms with E-state index in [0.717, 1.165) is 0 Å². The number of piperazine rings is 1. The van der Waals surface area contributed by atoms with Gasteiger partial charge in [0.15, 0.2) is 12.6 Å². The third-order valence-corrected chi connectivity index (χ3v) is 2.30. The molecule has 0 aliphatic carbocycles. The Balaban J connectivity index is 0.000000120. The first-order valence-electron chi connectivity index (χ1n) is 4.83. The second-order valence-electron chi connectivity index (χ2n) is 3.58. The fraction of sp³-hybridized carbons (Fsp3) is 0.556. The maximum atomic E-state index is 12.2. The van der Waals surface area contributed by atoms with E-state index in [9.17, 15) is 13.2 Å². The summed E-state index contributed by atoms with van der Waals surface area (Å²) in [5.41, 5.74) is 0. The van der Waals surface area contributed by atoms with Gasteiger partial charge in [0, 0.05) is 18.8 Å². The number of alkyl halides is 2. The summed E-state index contributed by atoms with van der Waals surface area (Å²) >= 11 is 0. The van der Waals surface area contributed by atoms with Crippen LogP contribution in [-0.2, 0) is 0 Å². The van der Waals surface area contributed by atoms with Gasteiger partial charge in [-0.1, -0.05) is 0 Å². The molecule has 88 valence electrons. The summed E-state index contributed by atoms with van der Waals surface area (Å²) in [5, 5.41) is 2.42. The van der Waals surface area contributed by atoms with Gasteiger partial charge in [-0.3, -0.25) is 10.2 Å². The van der Waals surface area contributed by atoms with Gasteiger partial charge in [-0.05, 0) is 6.92 Å². The topological polar surface area (TPSA) is 40.8 Å². The third-order valence-electron chi connectivity index (χ3n) is 2.30. The minimum atomic E-state index is -1.45. The zero-order chi connectivity index (χ0) is 11.7. The third kappa shape index (κ3) is 2.48. The van der Waals surface area contributed by atoms with Gasteiger partial charge < -0.3 is 0 Å². The highest BCUT2D eigenvalue weighted by Gasteiger charge is 2.52. The van der Waals surface area contributed by atoms with Crippen LogP contribution in [0.1, 0.15) is 5.82 Å². The van der Waals surface area contributed by atoms with Crippen molar-refractivity contribution in [2.75, 3.05) is 6.54 Å². The summed E-state index contributed by atoms with van der Waals surface area (Å²) in [6.07, 6.45) is -1.45. The largest absolute Gasteiger partial charge is 0.267 e. The molecule has 1 aromatic heterocycles. The number of fused-ring (bicyclic) bond motifs is 1. The van der Waals surface area contributed by atoms with Crippen LogP contribution in [0.25, 0.3) is 0 Å². The van der Waals surface area contributed by atoms with Crippen LogP contribution in [0, 0.1) is 12.9 Å². The van der Waals surface area contributed by atoms with Crippen LogP contribution < -0.4 is 5.32 Å². The second-order valence-corrected chi connectivity index (χ2v) is 3.58. The van der Waals surface area contributed by atoms with E-state index in [1.807, 2.05) is 0 Å². The van der Waals surface area contributed by atoms with E-state index in [0.29, 0.717) is 12.4 Å². The quantitative estimate of drug-likeness (QED) is 0.407. The first-order chi connectivity index (χ1) is 7.58. The van der Waals surface area contributed by atoms with Crippen LogP contribution in [0.5, 0.6) is 0 Å². The lowest BCUT2D eigenvalue weighted by atomic mass is 10.5. The first kappa shape index (κ1) is 11.3. The number of hydrogen-bond donors (Lipinski definition) is 1. The van der Waals surface area contributed by atoms with Crippen LogP contribution in [0.2, 0.25) is 0 Å². The molecule has 16 heavy (non-hydrogen) atoms. The Morgan fingerprint density at radius 1 is 1.50 bits per heavy atom. The van der Waals surface area contributed by atoms with Gasteiger partial charge in [-0.2, -0.15) is 4.39 Å². The van der Waals surface area contributed by atoms with Crippen molar-refractivity contribution in [3.05, 3.63) is 24.0 Å². The molecule has 7 heteroatoms. The van der Waals surface area contributed by atoms with E-state index in [-0.39, 0.29) is 6.17 Å². The van der Waals surface area contributed by atoms with E-state index < -0.39 is 18.5 Å². The van der Waals surface area contributed by atoms with Crippen LogP contribution in [0.3, 0.4) is 0 Å². The molecule has 4 nitrogen and oxygen atoms in total. The van der Waals surface area contributed by atoms with Crippen molar-refractivity contribution in [3.63, 3.8) is 0 Å². The van der Waals surface area contributed by atoms with Crippen LogP contribution in [0.4, 0.5) is 13.2 Å². The van der Waals surface area contributed by atoms with Crippen molar-refractivity contribution >= 4 is 0 Å². The molecule has 2 aliphatic rings. The molecule has 1 N–H and O–H groups in total. The summed E-state index contributed by atoms with van der Waals surface area (Å²) in [4.78, 5) is 8.52. The summed E-state index contributed by atoms with van der Waals surface area (Å²) in [7, 11) is 0. The minimum Gasteiger partial charge on any atom is -0.267 e. The zero-order valence-corrected chi connectivity index (χ0v) is 8.57. The van der Waals surface area contributed by atoms with Gasteiger partial charge in [-0.25, -0.2) is 18.7 Å². The molecule has 0 radical (unpaired) electrons. The smallest absolute Gasteiger partial charge is 0.216 e. The number of halogens is 3. The SMILES string of the molecule is Cc1nccc(F)n1.FC1NC2CN2C1F. The van der Waals surface area contributed by atoms with Gasteiger partial charge in [0.1, 0.15) is 5.82 Å². The Labute approximate surface area is 90.5 Å². The number of hydrogen-bond acceptors (Lipinski definition) is 4. The van der Waals surface area contributed by atoms with Crippen molar-refractivity contribution < 1.29 is 13.2 Å². The maximum Gasteiger partial charge on any atom is 0.216 e. The van der Waals surface area contributed by atoms with Crippen molar-refractivity contribution in [3.8, 4) is 0 Å². The van der Waals surface area contributed by atoms with Crippen LogP contribution >= 0.6 is 0 Å². The number of nitrogens with one attached hydrogen (secondary N) is 1. The highest BCUT2D eigenvalue weighted by atomic mass is 19.2. The maximum absolute atomic E-state index is 12.2. The van der Waals surface area contributed by atoms with Crippen molar-refractivity contribution in [1.82, 2.24) is 20.2 Å². The Bertz CT molecular complexity index is 356. The molecular formula is C9H11F3N4. The molecule has 0 aromatic carbocycles. The molecule has 1 aromatic rings. The summed E-state index contributed by atoms with van der Waals surface area (Å²) in [5.74, 6) is -0.0116. The van der Waals surface area contributed by atoms with Gasteiger partial charge in [0.25, 0.3) is 0 Å². The van der Waals surface area contributed by atoms with Gasteiger partial charge in [0.05, 0.1) is 6.17 Å². The number of nitrogens with zero attached hydrogens (tertiary/aromatic N) is 3. The van der Waals surface area contributed by atoms with Gasteiger partial charge >= 0.3 is 0 Å². The van der Waals surface area contributed by atoms with Crippen molar-refractivity contribution in [1.29, 1.82) is 0 Å². The molecule has 3 heterocycles. The molecule has 4 atom stereocenters. The molecule has 0 bridgehead atoms. The summed E-state index contributed by atoms with van der Waals surface area (Å²) < 4.78 is 36.3. The molecule has 0 spiro atoms. The predicted molar refractivity (Wildman–Crippen MR) is 50.1 cm³/mol. The van der Waals surface area contributed by atoms with Crippen LogP contribution in [-0.4, -0.2) is 40.2 Å². The lowest BCUT2D eigenvalue weighted by molar-refractivity contribution is 0.110. The molecule has 2 aliphatic heterocycles. The monoisotopic (exact) mass is 232 g/mol. The van der Waals surface area contributed by atoms with Gasteiger partial charge in [-0.15, -0.1) is 0 Å². The number of rotatable bonds is 0. The highest BCUT2D eigenvalue weighted by molar-refractivity contribution is 4.98. The molecule has 3 rings (SSSR count). The Kier molecular flexibility index (Phi) is 3.06. The molecule has 4 unspecified atom stereocenters. The Morgan fingerprint density at radius 2 is 2.25 bits per heavy atom. The minimum absolute atomic E-state index is 0.000000000000000222. The van der Waals surface area contributed by atoms with E-state index in [2.05, 4.69) is 15.3 Å². The lowest BCUT2D eigenvalue weighted by Crippen LogP contribution is -2.29. The lowest BCUT2D eigenvalue weighted by Gasteiger charge is -2.04. The Hall–Kier alpha value is -1.21. The van der Waals surface area contributed by atoms with E-state index in [4.69, 9.17) is 0 Å². The predicted octanol–water partition coefficient (Wildman–Crippen LogP) is 0.747. The van der Waals surface area contributed by atoms with Crippen LogP contribution in [0.15, 0.2) is 12.3 Å². The fourth-order valence-electron chi connectivity index (χ4n) is 1.43. The number of aromatic nitrogens is 2. The van der Waals surface area contributed by atoms with E-state index in [1.54, 1.807) is 6.92 Å². The molecule has 2 fully saturated rings. The van der Waals surface area contributed by atoms with E-state index in [1.165, 1.54) is 17.2 Å². The Morgan fingerprint density at radius 3 is 2.56 bits per heavy atom. The molecule has 2 saturated heterocycles. The number of aryl methyl sites for hydroxylation is 1. The molecular weight excluding hydrogens is 221 g/mol.